The van der Waals surface area contributed by atoms with Crippen LogP contribution in [0.15, 0.2) is 0 Å². The molecule has 0 unspecified atom stereocenters. The first-order chi connectivity index (χ1) is 6.72. The second-order valence-corrected chi connectivity index (χ2v) is 4.61. The minimum atomic E-state index is 0.639. The fraction of sp³-hybridized carbons (Fsp3) is 1.00. The molecule has 0 atom stereocenters. The van der Waals surface area contributed by atoms with Gasteiger partial charge in [-0.1, -0.05) is 32.6 Å². The van der Waals surface area contributed by atoms with Crippen LogP contribution in [-0.4, -0.2) is 29.9 Å². The average Bonchev–Trinajstić information content (AvgIpc) is 2.15. The van der Waals surface area contributed by atoms with Gasteiger partial charge in [0.1, 0.15) is 0 Å². The lowest BCUT2D eigenvalue weighted by atomic mass is 10.1. The van der Waals surface area contributed by atoms with Crippen LogP contribution in [0, 0.1) is 0 Å². The fourth-order valence-electron chi connectivity index (χ4n) is 1.66. The molecule has 0 N–H and O–H groups in total. The SMILES string of the molecule is CCCCCCCN(CCCl)C(C)C. The monoisotopic (exact) mass is 219 g/mol. The van der Waals surface area contributed by atoms with E-state index in [2.05, 4.69) is 25.7 Å². The molecule has 86 valence electrons. The van der Waals surface area contributed by atoms with Crippen LogP contribution in [0.3, 0.4) is 0 Å². The number of nitrogens with zero attached hydrogens (tertiary/aromatic N) is 1. The number of unbranched alkanes of at least 4 members (excludes halogenated alkanes) is 4. The van der Waals surface area contributed by atoms with E-state index < -0.39 is 0 Å². The molecule has 0 aliphatic rings. The quantitative estimate of drug-likeness (QED) is 0.420. The van der Waals surface area contributed by atoms with Crippen LogP contribution >= 0.6 is 11.6 Å². The van der Waals surface area contributed by atoms with Crippen molar-refractivity contribution in [3.8, 4) is 0 Å². The lowest BCUT2D eigenvalue weighted by molar-refractivity contribution is 0.229. The van der Waals surface area contributed by atoms with Gasteiger partial charge < -0.3 is 0 Å². The van der Waals surface area contributed by atoms with Crippen LogP contribution in [0.1, 0.15) is 52.9 Å². The van der Waals surface area contributed by atoms with Gasteiger partial charge in [0.05, 0.1) is 0 Å². The molecule has 0 fully saturated rings. The average molecular weight is 220 g/mol. The molecule has 0 aromatic rings. The predicted octanol–water partition coefficient (Wildman–Crippen LogP) is 3.91. The molecule has 0 rings (SSSR count). The van der Waals surface area contributed by atoms with Crippen LogP contribution in [0.4, 0.5) is 0 Å². The van der Waals surface area contributed by atoms with E-state index in [0.29, 0.717) is 6.04 Å². The van der Waals surface area contributed by atoms with E-state index in [1.54, 1.807) is 0 Å². The van der Waals surface area contributed by atoms with Crippen molar-refractivity contribution < 1.29 is 0 Å². The molecule has 0 radical (unpaired) electrons. The van der Waals surface area contributed by atoms with Gasteiger partial charge in [-0.15, -0.1) is 11.6 Å². The summed E-state index contributed by atoms with van der Waals surface area (Å²) >= 11 is 5.76. The second kappa shape index (κ2) is 9.79. The molecule has 0 spiro atoms. The van der Waals surface area contributed by atoms with Crippen molar-refractivity contribution in [1.29, 1.82) is 0 Å². The minimum Gasteiger partial charge on any atom is -0.300 e. The molecular formula is C12H26ClN. The van der Waals surface area contributed by atoms with Crippen molar-refractivity contribution in [2.45, 2.75) is 58.9 Å². The molecule has 2 heteroatoms. The van der Waals surface area contributed by atoms with Crippen LogP contribution in [-0.2, 0) is 0 Å². The summed E-state index contributed by atoms with van der Waals surface area (Å²) in [6.45, 7) is 9.01. The van der Waals surface area contributed by atoms with E-state index in [1.165, 1.54) is 38.6 Å². The Morgan fingerprint density at radius 2 is 1.64 bits per heavy atom. The van der Waals surface area contributed by atoms with Gasteiger partial charge >= 0.3 is 0 Å². The maximum absolute atomic E-state index is 5.76. The highest BCUT2D eigenvalue weighted by Crippen LogP contribution is 2.06. The fourth-order valence-corrected chi connectivity index (χ4v) is 1.87. The molecule has 0 saturated carbocycles. The van der Waals surface area contributed by atoms with Crippen LogP contribution < -0.4 is 0 Å². The Morgan fingerprint density at radius 3 is 2.14 bits per heavy atom. The highest BCUT2D eigenvalue weighted by Gasteiger charge is 2.07. The lowest BCUT2D eigenvalue weighted by Gasteiger charge is -2.25. The normalized spacial score (nSPS) is 11.6. The Morgan fingerprint density at radius 1 is 1.00 bits per heavy atom. The van der Waals surface area contributed by atoms with Crippen molar-refractivity contribution in [2.75, 3.05) is 19.0 Å². The third-order valence-electron chi connectivity index (χ3n) is 2.65. The van der Waals surface area contributed by atoms with Crippen LogP contribution in [0.5, 0.6) is 0 Å². The molecule has 0 bridgehead atoms. The van der Waals surface area contributed by atoms with E-state index in [1.807, 2.05) is 0 Å². The number of halogens is 1. The molecule has 0 aromatic heterocycles. The second-order valence-electron chi connectivity index (χ2n) is 4.23. The van der Waals surface area contributed by atoms with Gasteiger partial charge in [-0.2, -0.15) is 0 Å². The van der Waals surface area contributed by atoms with Gasteiger partial charge in [-0.25, -0.2) is 0 Å². The molecular weight excluding hydrogens is 194 g/mol. The Labute approximate surface area is 94.8 Å². The highest BCUT2D eigenvalue weighted by molar-refractivity contribution is 6.18. The van der Waals surface area contributed by atoms with Crippen molar-refractivity contribution in [1.82, 2.24) is 4.90 Å². The summed E-state index contributed by atoms with van der Waals surface area (Å²) in [6, 6.07) is 0.639. The zero-order valence-corrected chi connectivity index (χ0v) is 10.8. The zero-order valence-electron chi connectivity index (χ0n) is 10.1. The first-order valence-corrected chi connectivity index (χ1v) is 6.55. The predicted molar refractivity (Wildman–Crippen MR) is 66.2 cm³/mol. The van der Waals surface area contributed by atoms with Gasteiger partial charge in [0, 0.05) is 18.5 Å². The van der Waals surface area contributed by atoms with E-state index in [0.717, 1.165) is 12.4 Å². The molecule has 0 aliphatic heterocycles. The summed E-state index contributed by atoms with van der Waals surface area (Å²) < 4.78 is 0. The van der Waals surface area contributed by atoms with Gasteiger partial charge in [-0.05, 0) is 26.8 Å². The third-order valence-corrected chi connectivity index (χ3v) is 2.82. The van der Waals surface area contributed by atoms with Crippen LogP contribution in [0.25, 0.3) is 0 Å². The highest BCUT2D eigenvalue weighted by atomic mass is 35.5. The molecule has 0 amide bonds. The summed E-state index contributed by atoms with van der Waals surface area (Å²) in [5.41, 5.74) is 0. The van der Waals surface area contributed by atoms with E-state index in [9.17, 15) is 0 Å². The van der Waals surface area contributed by atoms with Crippen molar-refractivity contribution in [2.24, 2.45) is 0 Å². The standard InChI is InChI=1S/C12H26ClN/c1-4-5-6-7-8-10-14(11-9-13)12(2)3/h12H,4-11H2,1-3H3. The Bertz CT molecular complexity index is 115. The first-order valence-electron chi connectivity index (χ1n) is 6.02. The summed E-state index contributed by atoms with van der Waals surface area (Å²) in [7, 11) is 0. The third kappa shape index (κ3) is 7.64. The zero-order chi connectivity index (χ0) is 10.8. The lowest BCUT2D eigenvalue weighted by Crippen LogP contribution is -2.33. The smallest absolute Gasteiger partial charge is 0.0351 e. The van der Waals surface area contributed by atoms with Crippen molar-refractivity contribution >= 4 is 11.6 Å². The van der Waals surface area contributed by atoms with Crippen molar-refractivity contribution in [3.63, 3.8) is 0 Å². The molecule has 14 heavy (non-hydrogen) atoms. The van der Waals surface area contributed by atoms with Gasteiger partial charge in [0.15, 0.2) is 0 Å². The summed E-state index contributed by atoms with van der Waals surface area (Å²) in [5.74, 6) is 0.757. The maximum atomic E-state index is 5.76. The van der Waals surface area contributed by atoms with E-state index in [4.69, 9.17) is 11.6 Å². The summed E-state index contributed by atoms with van der Waals surface area (Å²) in [4.78, 5) is 2.47. The summed E-state index contributed by atoms with van der Waals surface area (Å²) in [6.07, 6.45) is 6.81. The van der Waals surface area contributed by atoms with Gasteiger partial charge in [-0.3, -0.25) is 4.90 Å². The Hall–Kier alpha value is 0.250. The summed E-state index contributed by atoms with van der Waals surface area (Å²) in [5, 5.41) is 0. The molecule has 0 aliphatic carbocycles. The largest absolute Gasteiger partial charge is 0.300 e. The molecule has 0 saturated heterocycles. The van der Waals surface area contributed by atoms with Crippen molar-refractivity contribution in [3.05, 3.63) is 0 Å². The number of hydrogen-bond donors (Lipinski definition) is 0. The molecule has 1 nitrogen and oxygen atoms in total. The van der Waals surface area contributed by atoms with Crippen LogP contribution in [0.2, 0.25) is 0 Å². The number of hydrogen-bond acceptors (Lipinski definition) is 1. The minimum absolute atomic E-state index is 0.639. The van der Waals surface area contributed by atoms with E-state index in [-0.39, 0.29) is 0 Å². The Balaban J connectivity index is 3.41. The molecule has 0 aromatic carbocycles. The number of rotatable bonds is 9. The topological polar surface area (TPSA) is 3.24 Å². The Kier molecular flexibility index (Phi) is 9.97. The van der Waals surface area contributed by atoms with Gasteiger partial charge in [0.25, 0.3) is 0 Å². The molecule has 0 heterocycles. The van der Waals surface area contributed by atoms with E-state index >= 15 is 0 Å². The maximum Gasteiger partial charge on any atom is 0.0351 e. The van der Waals surface area contributed by atoms with Gasteiger partial charge in [0.2, 0.25) is 0 Å². The first kappa shape index (κ1) is 14.2. The number of alkyl halides is 1.